The number of anilines is 1. The molecule has 0 heterocycles. The summed E-state index contributed by atoms with van der Waals surface area (Å²) < 4.78 is 39.7. The van der Waals surface area contributed by atoms with Crippen LogP contribution >= 0.6 is 0 Å². The van der Waals surface area contributed by atoms with E-state index in [0.29, 0.717) is 0 Å². The predicted molar refractivity (Wildman–Crippen MR) is 78.5 cm³/mol. The highest BCUT2D eigenvalue weighted by atomic mass is 32.2. The van der Waals surface area contributed by atoms with Gasteiger partial charge in [0.25, 0.3) is 0 Å². The first kappa shape index (κ1) is 17.4. The molecule has 0 aromatic heterocycles. The fourth-order valence-corrected chi connectivity index (χ4v) is 2.88. The van der Waals surface area contributed by atoms with Gasteiger partial charge in [-0.3, -0.25) is 4.79 Å². The summed E-state index contributed by atoms with van der Waals surface area (Å²) in [5.41, 5.74) is 4.91. The molecule has 0 unspecified atom stereocenters. The van der Waals surface area contributed by atoms with Gasteiger partial charge in [0.1, 0.15) is 10.7 Å². The van der Waals surface area contributed by atoms with Gasteiger partial charge >= 0.3 is 0 Å². The highest BCUT2D eigenvalue weighted by Crippen LogP contribution is 2.21. The van der Waals surface area contributed by atoms with E-state index in [1.165, 1.54) is 12.1 Å². The molecule has 0 aliphatic heterocycles. The Kier molecular flexibility index (Phi) is 5.30. The second-order valence-electron chi connectivity index (χ2n) is 5.60. The van der Waals surface area contributed by atoms with E-state index in [1.54, 1.807) is 0 Å². The van der Waals surface area contributed by atoms with E-state index in [9.17, 15) is 17.6 Å². The largest absolute Gasteiger partial charge is 0.398 e. The van der Waals surface area contributed by atoms with Gasteiger partial charge in [0.2, 0.25) is 15.9 Å². The van der Waals surface area contributed by atoms with E-state index in [4.69, 9.17) is 5.73 Å². The molecule has 118 valence electrons. The monoisotopic (exact) mass is 317 g/mol. The van der Waals surface area contributed by atoms with Crippen LogP contribution in [0.2, 0.25) is 0 Å². The van der Waals surface area contributed by atoms with Crippen molar-refractivity contribution < 1.29 is 17.6 Å². The average Bonchev–Trinajstić information content (AvgIpc) is 2.25. The van der Waals surface area contributed by atoms with Crippen molar-refractivity contribution in [3.8, 4) is 0 Å². The molecule has 6 nitrogen and oxygen atoms in total. The minimum Gasteiger partial charge on any atom is -0.398 e. The van der Waals surface area contributed by atoms with Crippen LogP contribution in [0.3, 0.4) is 0 Å². The molecule has 0 fully saturated rings. The predicted octanol–water partition coefficient (Wildman–Crippen LogP) is 0.991. The highest BCUT2D eigenvalue weighted by Gasteiger charge is 2.22. The van der Waals surface area contributed by atoms with E-state index < -0.39 is 26.3 Å². The molecule has 0 aliphatic carbocycles. The number of hydrogen-bond acceptors (Lipinski definition) is 4. The van der Waals surface area contributed by atoms with Gasteiger partial charge in [-0.1, -0.05) is 6.07 Å². The number of nitrogens with one attached hydrogen (secondary N) is 2. The molecule has 0 saturated heterocycles. The minimum atomic E-state index is -4.09. The number of carbonyl (C=O) groups excluding carboxylic acids is 1. The molecule has 1 aromatic rings. The normalized spacial score (nSPS) is 12.2. The first-order valence-electron chi connectivity index (χ1n) is 6.37. The summed E-state index contributed by atoms with van der Waals surface area (Å²) in [6.45, 7) is 5.30. The molecule has 1 rings (SSSR count). The molecule has 4 N–H and O–H groups in total. The third kappa shape index (κ3) is 5.31. The zero-order valence-corrected chi connectivity index (χ0v) is 13.1. The maximum Gasteiger partial charge on any atom is 0.245 e. The second kappa shape index (κ2) is 6.40. The van der Waals surface area contributed by atoms with Crippen LogP contribution < -0.4 is 15.8 Å². The number of nitrogen functional groups attached to an aromatic ring is 1. The van der Waals surface area contributed by atoms with Crippen LogP contribution in [-0.4, -0.2) is 26.4 Å². The Morgan fingerprint density at radius 1 is 1.33 bits per heavy atom. The van der Waals surface area contributed by atoms with Gasteiger partial charge < -0.3 is 11.1 Å². The SMILES string of the molecule is CC(C)(C)NC(=O)CCNS(=O)(=O)c1c(N)cccc1F. The number of nitrogens with two attached hydrogens (primary N) is 1. The fourth-order valence-electron chi connectivity index (χ4n) is 1.66. The second-order valence-corrected chi connectivity index (χ2v) is 7.31. The van der Waals surface area contributed by atoms with E-state index in [-0.39, 0.29) is 24.6 Å². The standard InChI is InChI=1S/C13H20FN3O3S/c1-13(2,3)17-11(18)7-8-16-21(19,20)12-9(14)5-4-6-10(12)15/h4-6,16H,7-8,15H2,1-3H3,(H,17,18). The lowest BCUT2D eigenvalue weighted by Gasteiger charge is -2.20. The maximum absolute atomic E-state index is 13.6. The van der Waals surface area contributed by atoms with E-state index in [1.807, 2.05) is 20.8 Å². The molecule has 0 saturated carbocycles. The van der Waals surface area contributed by atoms with E-state index in [2.05, 4.69) is 10.0 Å². The molecule has 1 aromatic carbocycles. The van der Waals surface area contributed by atoms with Crippen molar-refractivity contribution in [1.82, 2.24) is 10.0 Å². The van der Waals surface area contributed by atoms with Gasteiger partial charge in [0.05, 0.1) is 5.69 Å². The van der Waals surface area contributed by atoms with Gasteiger partial charge in [-0.15, -0.1) is 0 Å². The molecule has 0 aliphatic rings. The zero-order chi connectivity index (χ0) is 16.3. The Balaban J connectivity index is 2.69. The third-order valence-electron chi connectivity index (χ3n) is 2.42. The lowest BCUT2D eigenvalue weighted by atomic mass is 10.1. The van der Waals surface area contributed by atoms with Crippen LogP contribution in [0.5, 0.6) is 0 Å². The van der Waals surface area contributed by atoms with Crippen LogP contribution in [0, 0.1) is 5.82 Å². The topological polar surface area (TPSA) is 101 Å². The summed E-state index contributed by atoms with van der Waals surface area (Å²) in [6, 6.07) is 3.63. The molecule has 0 spiro atoms. The van der Waals surface area contributed by atoms with Gasteiger partial charge in [0, 0.05) is 18.5 Å². The Morgan fingerprint density at radius 3 is 2.48 bits per heavy atom. The first-order chi connectivity index (χ1) is 9.53. The molecule has 1 amide bonds. The third-order valence-corrected chi connectivity index (χ3v) is 3.98. The molecule has 0 radical (unpaired) electrons. The number of hydrogen-bond donors (Lipinski definition) is 3. The van der Waals surface area contributed by atoms with Gasteiger partial charge in [-0.25, -0.2) is 17.5 Å². The molecule has 8 heteroatoms. The van der Waals surface area contributed by atoms with Crippen molar-refractivity contribution in [2.75, 3.05) is 12.3 Å². The summed E-state index contributed by atoms with van der Waals surface area (Å²) in [5, 5.41) is 2.70. The number of halogens is 1. The Morgan fingerprint density at radius 2 is 1.95 bits per heavy atom. The molecular weight excluding hydrogens is 297 g/mol. The van der Waals surface area contributed by atoms with Crippen LogP contribution in [0.4, 0.5) is 10.1 Å². The van der Waals surface area contributed by atoms with Crippen LogP contribution in [0.25, 0.3) is 0 Å². The maximum atomic E-state index is 13.6. The molecule has 0 bridgehead atoms. The Bertz CT molecular complexity index is 604. The first-order valence-corrected chi connectivity index (χ1v) is 7.86. The zero-order valence-electron chi connectivity index (χ0n) is 12.2. The van der Waals surface area contributed by atoms with Crippen LogP contribution in [-0.2, 0) is 14.8 Å². The van der Waals surface area contributed by atoms with Crippen molar-refractivity contribution in [2.45, 2.75) is 37.6 Å². The summed E-state index contributed by atoms with van der Waals surface area (Å²) >= 11 is 0. The highest BCUT2D eigenvalue weighted by molar-refractivity contribution is 7.89. The van der Waals surface area contributed by atoms with E-state index >= 15 is 0 Å². The van der Waals surface area contributed by atoms with Gasteiger partial charge in [-0.05, 0) is 32.9 Å². The average molecular weight is 317 g/mol. The van der Waals surface area contributed by atoms with Crippen LogP contribution in [0.1, 0.15) is 27.2 Å². The molecule has 0 atom stereocenters. The Hall–Kier alpha value is -1.67. The molecular formula is C13H20FN3O3S. The van der Waals surface area contributed by atoms with Crippen molar-refractivity contribution in [2.24, 2.45) is 0 Å². The van der Waals surface area contributed by atoms with E-state index in [0.717, 1.165) is 6.07 Å². The van der Waals surface area contributed by atoms with Crippen molar-refractivity contribution >= 4 is 21.6 Å². The number of rotatable bonds is 5. The van der Waals surface area contributed by atoms with Gasteiger partial charge in [-0.2, -0.15) is 0 Å². The number of sulfonamides is 1. The van der Waals surface area contributed by atoms with Crippen molar-refractivity contribution in [3.63, 3.8) is 0 Å². The van der Waals surface area contributed by atoms with Crippen molar-refractivity contribution in [3.05, 3.63) is 24.0 Å². The van der Waals surface area contributed by atoms with Crippen LogP contribution in [0.15, 0.2) is 23.1 Å². The minimum absolute atomic E-state index is 0.0507. The quantitative estimate of drug-likeness (QED) is 0.705. The summed E-state index contributed by atoms with van der Waals surface area (Å²) in [5.74, 6) is -1.23. The lowest BCUT2D eigenvalue weighted by molar-refractivity contribution is -0.122. The number of carbonyl (C=O) groups is 1. The lowest BCUT2D eigenvalue weighted by Crippen LogP contribution is -2.42. The summed E-state index contributed by atoms with van der Waals surface area (Å²) in [6.07, 6.45) is -0.0507. The summed E-state index contributed by atoms with van der Waals surface area (Å²) in [7, 11) is -4.09. The number of benzene rings is 1. The smallest absolute Gasteiger partial charge is 0.245 e. The Labute approximate surface area is 124 Å². The van der Waals surface area contributed by atoms with Gasteiger partial charge in [0.15, 0.2) is 0 Å². The van der Waals surface area contributed by atoms with Crippen molar-refractivity contribution in [1.29, 1.82) is 0 Å². The number of amides is 1. The fraction of sp³-hybridized carbons (Fsp3) is 0.462. The molecule has 21 heavy (non-hydrogen) atoms. The summed E-state index contributed by atoms with van der Waals surface area (Å²) in [4.78, 5) is 11.0.